The number of rotatable bonds is 4. The fourth-order valence-corrected chi connectivity index (χ4v) is 6.29. The molecule has 2 N–H and O–H groups in total. The molecular weight excluding hydrogens is 326 g/mol. The molecule has 0 heterocycles. The molecule has 0 amide bonds. The minimum absolute atomic E-state index is 0.646. The molecular formula is C26H43N. The zero-order valence-corrected chi connectivity index (χ0v) is 18.7. The molecule has 2 aliphatic rings. The molecule has 0 spiro atoms. The lowest BCUT2D eigenvalue weighted by molar-refractivity contribution is 0.193. The van der Waals surface area contributed by atoms with Crippen LogP contribution in [0.2, 0.25) is 0 Å². The largest absolute Gasteiger partial charge is 0.398 e. The lowest BCUT2D eigenvalue weighted by atomic mass is 9.65. The maximum absolute atomic E-state index is 6.58. The van der Waals surface area contributed by atoms with Gasteiger partial charge in [-0.3, -0.25) is 0 Å². The maximum atomic E-state index is 6.58. The molecule has 1 aromatic rings. The summed E-state index contributed by atoms with van der Waals surface area (Å²) < 4.78 is 0. The van der Waals surface area contributed by atoms with Crippen molar-refractivity contribution in [1.29, 1.82) is 0 Å². The summed E-state index contributed by atoms with van der Waals surface area (Å²) in [5.74, 6) is 6.15. The predicted molar refractivity (Wildman–Crippen MR) is 119 cm³/mol. The van der Waals surface area contributed by atoms with Crippen LogP contribution in [0.5, 0.6) is 0 Å². The van der Waals surface area contributed by atoms with E-state index >= 15 is 0 Å². The first-order valence-corrected chi connectivity index (χ1v) is 11.7. The summed E-state index contributed by atoms with van der Waals surface area (Å²) in [6.07, 6.45) is 8.19. The Morgan fingerprint density at radius 3 is 1.85 bits per heavy atom. The molecule has 1 heteroatoms. The van der Waals surface area contributed by atoms with Crippen molar-refractivity contribution in [3.8, 4) is 0 Å². The van der Waals surface area contributed by atoms with Gasteiger partial charge in [0, 0.05) is 5.69 Å². The van der Waals surface area contributed by atoms with E-state index in [1.54, 1.807) is 5.56 Å². The van der Waals surface area contributed by atoms with Crippen molar-refractivity contribution in [2.45, 2.75) is 91.9 Å². The van der Waals surface area contributed by atoms with Crippen molar-refractivity contribution in [1.82, 2.24) is 0 Å². The van der Waals surface area contributed by atoms with Gasteiger partial charge in [0.15, 0.2) is 0 Å². The van der Waals surface area contributed by atoms with Gasteiger partial charge in [-0.2, -0.15) is 0 Å². The molecule has 1 aromatic carbocycles. The van der Waals surface area contributed by atoms with E-state index in [9.17, 15) is 0 Å². The van der Waals surface area contributed by atoms with Crippen molar-refractivity contribution in [3.05, 3.63) is 29.3 Å². The normalized spacial score (nSPS) is 35.0. The summed E-state index contributed by atoms with van der Waals surface area (Å²) in [6.45, 7) is 14.5. The van der Waals surface area contributed by atoms with E-state index < -0.39 is 0 Å². The van der Waals surface area contributed by atoms with E-state index in [0.29, 0.717) is 11.8 Å². The molecule has 6 unspecified atom stereocenters. The Morgan fingerprint density at radius 1 is 0.778 bits per heavy atom. The van der Waals surface area contributed by atoms with Crippen LogP contribution in [0.1, 0.15) is 103 Å². The van der Waals surface area contributed by atoms with E-state index in [2.05, 4.69) is 59.7 Å². The molecule has 0 bridgehead atoms. The third kappa shape index (κ3) is 4.54. The second-order valence-electron chi connectivity index (χ2n) is 10.8. The van der Waals surface area contributed by atoms with Crippen LogP contribution >= 0.6 is 0 Å². The third-order valence-electron chi connectivity index (χ3n) is 7.98. The molecule has 0 radical (unpaired) electrons. The van der Waals surface area contributed by atoms with Crippen LogP contribution < -0.4 is 5.73 Å². The fourth-order valence-electron chi connectivity index (χ4n) is 6.29. The van der Waals surface area contributed by atoms with Gasteiger partial charge in [0.05, 0.1) is 0 Å². The van der Waals surface area contributed by atoms with Crippen LogP contribution in [0.15, 0.2) is 18.2 Å². The van der Waals surface area contributed by atoms with E-state index in [4.69, 9.17) is 5.73 Å². The number of nitrogens with two attached hydrogens (primary N) is 1. The zero-order chi connectivity index (χ0) is 19.7. The first-order valence-electron chi connectivity index (χ1n) is 11.7. The average Bonchev–Trinajstić information content (AvgIpc) is 2.61. The van der Waals surface area contributed by atoms with Gasteiger partial charge >= 0.3 is 0 Å². The highest BCUT2D eigenvalue weighted by atomic mass is 14.6. The van der Waals surface area contributed by atoms with Crippen molar-refractivity contribution in [2.75, 3.05) is 5.73 Å². The summed E-state index contributed by atoms with van der Waals surface area (Å²) in [5, 5.41) is 0. The van der Waals surface area contributed by atoms with Crippen molar-refractivity contribution >= 4 is 5.69 Å². The molecule has 2 aliphatic carbocycles. The number of anilines is 1. The van der Waals surface area contributed by atoms with E-state index in [-0.39, 0.29) is 0 Å². The number of hydrogen-bond donors (Lipinski definition) is 1. The van der Waals surface area contributed by atoms with E-state index in [0.717, 1.165) is 41.2 Å². The monoisotopic (exact) mass is 369 g/mol. The standard InChI is InChI=1S/C26H43N/c1-16(2)21-10-7-18(5)13-23(21)20-9-12-26(27)25(15-20)24-14-19(6)8-11-22(24)17(3)4/h9,12,15-19,21-24H,7-8,10-11,13-14,27H2,1-6H3. The molecule has 2 fully saturated rings. The van der Waals surface area contributed by atoms with Crippen LogP contribution in [-0.2, 0) is 0 Å². The van der Waals surface area contributed by atoms with Gasteiger partial charge in [0.1, 0.15) is 0 Å². The summed E-state index contributed by atoms with van der Waals surface area (Å²) >= 11 is 0. The third-order valence-corrected chi connectivity index (χ3v) is 7.98. The molecule has 2 saturated carbocycles. The molecule has 0 aromatic heterocycles. The Hall–Kier alpha value is -0.980. The van der Waals surface area contributed by atoms with Gasteiger partial charge in [-0.05, 0) is 90.2 Å². The Kier molecular flexibility index (Phi) is 6.59. The summed E-state index contributed by atoms with van der Waals surface area (Å²) in [7, 11) is 0. The molecule has 0 saturated heterocycles. The Bertz CT molecular complexity index is 617. The minimum atomic E-state index is 0.646. The highest BCUT2D eigenvalue weighted by Crippen LogP contribution is 2.48. The second-order valence-corrected chi connectivity index (χ2v) is 10.8. The summed E-state index contributed by atoms with van der Waals surface area (Å²) in [4.78, 5) is 0. The number of nitrogen functional groups attached to an aromatic ring is 1. The molecule has 152 valence electrons. The first-order chi connectivity index (χ1) is 12.8. The van der Waals surface area contributed by atoms with Crippen LogP contribution in [0, 0.1) is 35.5 Å². The van der Waals surface area contributed by atoms with Crippen LogP contribution in [0.25, 0.3) is 0 Å². The van der Waals surface area contributed by atoms with Crippen LogP contribution in [0.4, 0.5) is 5.69 Å². The Morgan fingerprint density at radius 2 is 1.30 bits per heavy atom. The predicted octanol–water partition coefficient (Wildman–Crippen LogP) is 7.62. The smallest absolute Gasteiger partial charge is 0.0349 e. The van der Waals surface area contributed by atoms with Crippen molar-refractivity contribution in [3.63, 3.8) is 0 Å². The zero-order valence-electron chi connectivity index (χ0n) is 18.7. The van der Waals surface area contributed by atoms with Gasteiger partial charge in [-0.1, -0.05) is 66.5 Å². The lowest BCUT2D eigenvalue weighted by Gasteiger charge is -2.40. The van der Waals surface area contributed by atoms with Gasteiger partial charge in [0.2, 0.25) is 0 Å². The number of benzene rings is 1. The van der Waals surface area contributed by atoms with Gasteiger partial charge in [-0.15, -0.1) is 0 Å². The lowest BCUT2D eigenvalue weighted by Crippen LogP contribution is -2.28. The van der Waals surface area contributed by atoms with Crippen LogP contribution in [-0.4, -0.2) is 0 Å². The summed E-state index contributed by atoms with van der Waals surface area (Å²) in [6, 6.07) is 7.14. The molecule has 3 rings (SSSR count). The van der Waals surface area contributed by atoms with Crippen molar-refractivity contribution < 1.29 is 0 Å². The SMILES string of the molecule is CC1CCC(C(C)C)C(c2ccc(N)c(C3CC(C)CCC3C(C)C)c2)C1. The Labute approximate surface area is 168 Å². The molecule has 0 aliphatic heterocycles. The van der Waals surface area contributed by atoms with Gasteiger partial charge in [0.25, 0.3) is 0 Å². The average molecular weight is 370 g/mol. The van der Waals surface area contributed by atoms with Gasteiger partial charge in [-0.25, -0.2) is 0 Å². The molecule has 6 atom stereocenters. The topological polar surface area (TPSA) is 26.0 Å². The highest BCUT2D eigenvalue weighted by molar-refractivity contribution is 5.52. The summed E-state index contributed by atoms with van der Waals surface area (Å²) in [5.41, 5.74) is 10.7. The molecule has 27 heavy (non-hydrogen) atoms. The Balaban J connectivity index is 1.95. The quantitative estimate of drug-likeness (QED) is 0.543. The van der Waals surface area contributed by atoms with Crippen LogP contribution in [0.3, 0.4) is 0 Å². The fraction of sp³-hybridized carbons (Fsp3) is 0.769. The van der Waals surface area contributed by atoms with E-state index in [1.165, 1.54) is 44.1 Å². The second kappa shape index (κ2) is 8.58. The van der Waals surface area contributed by atoms with Crippen molar-refractivity contribution in [2.24, 2.45) is 35.5 Å². The van der Waals surface area contributed by atoms with Gasteiger partial charge < -0.3 is 5.73 Å². The number of hydrogen-bond acceptors (Lipinski definition) is 1. The van der Waals surface area contributed by atoms with E-state index in [1.807, 2.05) is 0 Å². The minimum Gasteiger partial charge on any atom is -0.398 e. The highest BCUT2D eigenvalue weighted by Gasteiger charge is 2.35. The maximum Gasteiger partial charge on any atom is 0.0349 e. The first kappa shape index (κ1) is 20.7. The molecule has 1 nitrogen and oxygen atoms in total.